The van der Waals surface area contributed by atoms with Crippen molar-refractivity contribution in [3.8, 4) is 0 Å². The minimum Gasteiger partial charge on any atom is -0.372 e. The molecule has 0 aromatic carbocycles. The van der Waals surface area contributed by atoms with Gasteiger partial charge in [0.25, 0.3) is 0 Å². The van der Waals surface area contributed by atoms with Gasteiger partial charge in [-0.15, -0.1) is 0 Å². The molecule has 0 amide bonds. The number of rotatable bonds is 3. The van der Waals surface area contributed by atoms with E-state index in [9.17, 15) is 4.39 Å². The third-order valence-corrected chi connectivity index (χ3v) is 3.13. The Morgan fingerprint density at radius 2 is 2.19 bits per heavy atom. The summed E-state index contributed by atoms with van der Waals surface area (Å²) in [4.78, 5) is 2.15. The molecule has 16 heavy (non-hydrogen) atoms. The van der Waals surface area contributed by atoms with Crippen LogP contribution in [0.3, 0.4) is 0 Å². The largest absolute Gasteiger partial charge is 0.372 e. The molecular weight excluding hydrogens is 205 g/mol. The molecule has 0 saturated carbocycles. The summed E-state index contributed by atoms with van der Waals surface area (Å²) in [5, 5.41) is 0. The molecule has 1 aliphatic heterocycles. The van der Waals surface area contributed by atoms with E-state index in [1.807, 2.05) is 12.2 Å². The topological polar surface area (TPSA) is 12.5 Å². The standard InChI is InChI=1S/C13H18FNO/c1-3-15(4-2)11-8-10-6-5-7-16-13(10)12(14)9-11/h5-6,8-10,13H,3-4,7H2,1-2H3. The summed E-state index contributed by atoms with van der Waals surface area (Å²) in [7, 11) is 0. The van der Waals surface area contributed by atoms with E-state index in [0.717, 1.165) is 18.8 Å². The normalized spacial score (nSPS) is 28.2. The molecule has 0 fully saturated rings. The SMILES string of the molecule is CCN(CC)C1=CC2C=CCOC2C(F)=C1. The van der Waals surface area contributed by atoms with Crippen LogP contribution < -0.4 is 0 Å². The van der Waals surface area contributed by atoms with E-state index in [4.69, 9.17) is 4.74 Å². The number of halogens is 1. The van der Waals surface area contributed by atoms with Crippen LogP contribution in [-0.4, -0.2) is 30.7 Å². The number of nitrogens with zero attached hydrogens (tertiary/aromatic N) is 1. The van der Waals surface area contributed by atoms with E-state index in [-0.39, 0.29) is 11.7 Å². The maximum absolute atomic E-state index is 13.8. The third-order valence-electron chi connectivity index (χ3n) is 3.13. The van der Waals surface area contributed by atoms with Crippen molar-refractivity contribution >= 4 is 0 Å². The number of likely N-dealkylation sites (N-methyl/N-ethyl adjacent to an activating group) is 1. The van der Waals surface area contributed by atoms with Crippen LogP contribution in [-0.2, 0) is 4.74 Å². The highest BCUT2D eigenvalue weighted by molar-refractivity contribution is 5.32. The Morgan fingerprint density at radius 3 is 2.88 bits per heavy atom. The molecule has 0 spiro atoms. The quantitative estimate of drug-likeness (QED) is 0.682. The van der Waals surface area contributed by atoms with E-state index in [2.05, 4.69) is 24.8 Å². The van der Waals surface area contributed by atoms with Gasteiger partial charge in [0.15, 0.2) is 0 Å². The molecule has 0 aromatic rings. The van der Waals surface area contributed by atoms with Crippen molar-refractivity contribution in [1.82, 2.24) is 4.90 Å². The Hall–Kier alpha value is -1.09. The zero-order valence-electron chi connectivity index (χ0n) is 9.82. The molecule has 0 bridgehead atoms. The molecule has 3 heteroatoms. The van der Waals surface area contributed by atoms with Crippen LogP contribution in [0.15, 0.2) is 35.8 Å². The number of hydrogen-bond acceptors (Lipinski definition) is 2. The number of fused-ring (bicyclic) bond motifs is 1. The van der Waals surface area contributed by atoms with Gasteiger partial charge in [-0.2, -0.15) is 0 Å². The number of hydrogen-bond donors (Lipinski definition) is 0. The second kappa shape index (κ2) is 4.83. The minimum atomic E-state index is -0.399. The molecule has 0 saturated heterocycles. The molecular formula is C13H18FNO. The molecule has 0 radical (unpaired) electrons. The van der Waals surface area contributed by atoms with Crippen molar-refractivity contribution in [2.75, 3.05) is 19.7 Å². The van der Waals surface area contributed by atoms with E-state index in [1.54, 1.807) is 6.08 Å². The van der Waals surface area contributed by atoms with E-state index in [1.165, 1.54) is 0 Å². The average Bonchev–Trinajstić information content (AvgIpc) is 2.31. The lowest BCUT2D eigenvalue weighted by atomic mass is 9.92. The van der Waals surface area contributed by atoms with Crippen LogP contribution in [0, 0.1) is 5.92 Å². The maximum atomic E-state index is 13.8. The van der Waals surface area contributed by atoms with Crippen LogP contribution in [0.5, 0.6) is 0 Å². The number of allylic oxidation sites excluding steroid dienone is 1. The predicted octanol–water partition coefficient (Wildman–Crippen LogP) is 2.65. The first-order valence-corrected chi connectivity index (χ1v) is 5.88. The van der Waals surface area contributed by atoms with Gasteiger partial charge in [-0.1, -0.05) is 18.2 Å². The summed E-state index contributed by atoms with van der Waals surface area (Å²) in [5.74, 6) is -0.104. The van der Waals surface area contributed by atoms with E-state index < -0.39 is 6.10 Å². The second-order valence-electron chi connectivity index (χ2n) is 4.05. The predicted molar refractivity (Wildman–Crippen MR) is 62.6 cm³/mol. The highest BCUT2D eigenvalue weighted by atomic mass is 19.1. The first-order chi connectivity index (χ1) is 7.76. The Kier molecular flexibility index (Phi) is 3.44. The fourth-order valence-corrected chi connectivity index (χ4v) is 2.24. The molecule has 1 aliphatic carbocycles. The Labute approximate surface area is 96.1 Å². The van der Waals surface area contributed by atoms with Crippen LogP contribution in [0.2, 0.25) is 0 Å². The summed E-state index contributed by atoms with van der Waals surface area (Å²) in [6.07, 6.45) is 7.29. The Balaban J connectivity index is 2.24. The Morgan fingerprint density at radius 1 is 1.44 bits per heavy atom. The molecule has 0 aromatic heterocycles. The first-order valence-electron chi connectivity index (χ1n) is 5.88. The molecule has 2 nitrogen and oxygen atoms in total. The van der Waals surface area contributed by atoms with Gasteiger partial charge in [0, 0.05) is 24.7 Å². The molecule has 2 atom stereocenters. The van der Waals surface area contributed by atoms with Crippen LogP contribution in [0.1, 0.15) is 13.8 Å². The molecule has 0 N–H and O–H groups in total. The van der Waals surface area contributed by atoms with Gasteiger partial charge in [-0.05, 0) is 19.9 Å². The first kappa shape index (κ1) is 11.4. The van der Waals surface area contributed by atoms with Crippen molar-refractivity contribution < 1.29 is 9.13 Å². The maximum Gasteiger partial charge on any atom is 0.132 e. The van der Waals surface area contributed by atoms with Crippen LogP contribution in [0.25, 0.3) is 0 Å². The molecule has 2 aliphatic rings. The monoisotopic (exact) mass is 223 g/mol. The fraction of sp³-hybridized carbons (Fsp3) is 0.538. The van der Waals surface area contributed by atoms with Gasteiger partial charge < -0.3 is 9.64 Å². The summed E-state index contributed by atoms with van der Waals surface area (Å²) >= 11 is 0. The lowest BCUT2D eigenvalue weighted by Gasteiger charge is -2.32. The summed E-state index contributed by atoms with van der Waals surface area (Å²) in [6, 6.07) is 0. The highest BCUT2D eigenvalue weighted by Crippen LogP contribution is 2.31. The molecule has 88 valence electrons. The van der Waals surface area contributed by atoms with Crippen molar-refractivity contribution in [2.45, 2.75) is 20.0 Å². The van der Waals surface area contributed by atoms with Gasteiger partial charge >= 0.3 is 0 Å². The smallest absolute Gasteiger partial charge is 0.132 e. The van der Waals surface area contributed by atoms with Crippen LogP contribution in [0.4, 0.5) is 4.39 Å². The summed E-state index contributed by atoms with van der Waals surface area (Å²) < 4.78 is 19.2. The van der Waals surface area contributed by atoms with Crippen LogP contribution >= 0.6 is 0 Å². The lowest BCUT2D eigenvalue weighted by Crippen LogP contribution is -2.31. The van der Waals surface area contributed by atoms with Crippen molar-refractivity contribution in [3.05, 3.63) is 35.8 Å². The zero-order valence-corrected chi connectivity index (χ0v) is 9.82. The Bertz CT molecular complexity index is 342. The highest BCUT2D eigenvalue weighted by Gasteiger charge is 2.29. The summed E-state index contributed by atoms with van der Waals surface area (Å²) in [6.45, 7) is 6.46. The van der Waals surface area contributed by atoms with Gasteiger partial charge in [0.05, 0.1) is 6.61 Å². The zero-order chi connectivity index (χ0) is 11.5. The second-order valence-corrected chi connectivity index (χ2v) is 4.05. The van der Waals surface area contributed by atoms with Gasteiger partial charge in [-0.3, -0.25) is 0 Å². The van der Waals surface area contributed by atoms with E-state index in [0.29, 0.717) is 6.61 Å². The van der Waals surface area contributed by atoms with Gasteiger partial charge in [-0.25, -0.2) is 4.39 Å². The minimum absolute atomic E-state index is 0.0503. The van der Waals surface area contributed by atoms with Crippen molar-refractivity contribution in [3.63, 3.8) is 0 Å². The summed E-state index contributed by atoms with van der Waals surface area (Å²) in [5.41, 5.74) is 0.971. The van der Waals surface area contributed by atoms with E-state index >= 15 is 0 Å². The fourth-order valence-electron chi connectivity index (χ4n) is 2.24. The lowest BCUT2D eigenvalue weighted by molar-refractivity contribution is 0.0538. The van der Waals surface area contributed by atoms with Gasteiger partial charge in [0.2, 0.25) is 0 Å². The molecule has 2 unspecified atom stereocenters. The third kappa shape index (κ3) is 2.05. The van der Waals surface area contributed by atoms with Crippen molar-refractivity contribution in [1.29, 1.82) is 0 Å². The number of ether oxygens (including phenoxy) is 1. The average molecular weight is 223 g/mol. The van der Waals surface area contributed by atoms with Gasteiger partial charge in [0.1, 0.15) is 11.9 Å². The van der Waals surface area contributed by atoms with Crippen molar-refractivity contribution in [2.24, 2.45) is 5.92 Å². The molecule has 1 heterocycles. The molecule has 2 rings (SSSR count).